The Hall–Kier alpha value is -0.170. The first-order valence-electron chi connectivity index (χ1n) is 4.87. The minimum atomic E-state index is -3.15. The van der Waals surface area contributed by atoms with Crippen molar-refractivity contribution in [1.29, 1.82) is 0 Å². The van der Waals surface area contributed by atoms with Crippen LogP contribution in [-0.4, -0.2) is 40.5 Å². The molecule has 0 aliphatic rings. The largest absolute Gasteiger partial charge is 0.381 e. The molecule has 6 heteroatoms. The Kier molecular flexibility index (Phi) is 8.07. The lowest BCUT2D eigenvalue weighted by atomic mass is 10.3. The number of unbranched alkanes of at least 4 members (excludes halogenated alkanes) is 1. The zero-order valence-electron chi connectivity index (χ0n) is 8.66. The van der Waals surface area contributed by atoms with Gasteiger partial charge in [-0.25, -0.2) is 13.1 Å². The van der Waals surface area contributed by atoms with E-state index < -0.39 is 10.0 Å². The minimum Gasteiger partial charge on any atom is -0.381 e. The summed E-state index contributed by atoms with van der Waals surface area (Å²) < 4.78 is 29.9. The van der Waals surface area contributed by atoms with Gasteiger partial charge in [0.15, 0.2) is 0 Å². The van der Waals surface area contributed by atoms with E-state index in [9.17, 15) is 8.42 Å². The number of nitrogens with two attached hydrogens (primary N) is 1. The van der Waals surface area contributed by atoms with Crippen LogP contribution in [0.2, 0.25) is 0 Å². The van der Waals surface area contributed by atoms with Crippen molar-refractivity contribution in [3.63, 3.8) is 0 Å². The molecule has 0 aromatic carbocycles. The Morgan fingerprint density at radius 2 is 2.07 bits per heavy atom. The van der Waals surface area contributed by atoms with Crippen molar-refractivity contribution >= 4 is 10.0 Å². The molecule has 86 valence electrons. The van der Waals surface area contributed by atoms with E-state index >= 15 is 0 Å². The summed E-state index contributed by atoms with van der Waals surface area (Å²) in [5.74, 6) is 0.0312. The SMILES string of the molecule is CCOCCS(=O)(=O)NCCCCN. The third-order valence-corrected chi connectivity index (χ3v) is 3.00. The van der Waals surface area contributed by atoms with Crippen LogP contribution in [0.15, 0.2) is 0 Å². The molecule has 3 N–H and O–H groups in total. The molecule has 0 unspecified atom stereocenters. The van der Waals surface area contributed by atoms with E-state index in [0.29, 0.717) is 19.7 Å². The first kappa shape index (κ1) is 13.8. The summed E-state index contributed by atoms with van der Waals surface area (Å²) >= 11 is 0. The van der Waals surface area contributed by atoms with Crippen LogP contribution >= 0.6 is 0 Å². The average molecular weight is 224 g/mol. The van der Waals surface area contributed by atoms with E-state index in [1.807, 2.05) is 6.92 Å². The van der Waals surface area contributed by atoms with Gasteiger partial charge in [0.2, 0.25) is 10.0 Å². The summed E-state index contributed by atoms with van der Waals surface area (Å²) in [6.45, 7) is 3.69. The second-order valence-corrected chi connectivity index (χ2v) is 4.83. The van der Waals surface area contributed by atoms with Crippen molar-refractivity contribution in [2.45, 2.75) is 19.8 Å². The van der Waals surface area contributed by atoms with Crippen molar-refractivity contribution in [1.82, 2.24) is 4.72 Å². The van der Waals surface area contributed by atoms with Gasteiger partial charge in [-0.1, -0.05) is 0 Å². The van der Waals surface area contributed by atoms with Crippen molar-refractivity contribution in [2.24, 2.45) is 5.73 Å². The first-order chi connectivity index (χ1) is 6.62. The van der Waals surface area contributed by atoms with E-state index in [1.54, 1.807) is 0 Å². The highest BCUT2D eigenvalue weighted by atomic mass is 32.2. The van der Waals surface area contributed by atoms with Crippen molar-refractivity contribution in [2.75, 3.05) is 32.1 Å². The second kappa shape index (κ2) is 8.16. The number of rotatable bonds is 9. The fourth-order valence-electron chi connectivity index (χ4n) is 0.882. The van der Waals surface area contributed by atoms with E-state index in [-0.39, 0.29) is 12.4 Å². The van der Waals surface area contributed by atoms with Crippen LogP contribution in [0.25, 0.3) is 0 Å². The lowest BCUT2D eigenvalue weighted by molar-refractivity contribution is 0.163. The molecule has 0 fully saturated rings. The Morgan fingerprint density at radius 3 is 2.64 bits per heavy atom. The molecule has 5 nitrogen and oxygen atoms in total. The van der Waals surface area contributed by atoms with Crippen LogP contribution in [0.4, 0.5) is 0 Å². The van der Waals surface area contributed by atoms with Crippen LogP contribution in [0, 0.1) is 0 Å². The summed E-state index contributed by atoms with van der Waals surface area (Å²) in [6, 6.07) is 0. The van der Waals surface area contributed by atoms with Gasteiger partial charge in [0, 0.05) is 13.2 Å². The quantitative estimate of drug-likeness (QED) is 0.526. The molecule has 0 saturated heterocycles. The molecule has 0 aliphatic heterocycles. The Morgan fingerprint density at radius 1 is 1.36 bits per heavy atom. The molecular weight excluding hydrogens is 204 g/mol. The predicted molar refractivity (Wildman–Crippen MR) is 56.6 cm³/mol. The van der Waals surface area contributed by atoms with Crippen LogP contribution in [0.5, 0.6) is 0 Å². The molecule has 0 spiro atoms. The Balaban J connectivity index is 3.52. The van der Waals surface area contributed by atoms with Crippen molar-refractivity contribution in [3.05, 3.63) is 0 Å². The third-order valence-electron chi connectivity index (χ3n) is 1.65. The van der Waals surface area contributed by atoms with Gasteiger partial charge in [-0.15, -0.1) is 0 Å². The standard InChI is InChI=1S/C8H20N2O3S/c1-2-13-7-8-14(11,12)10-6-4-3-5-9/h10H,2-9H2,1H3. The molecule has 0 atom stereocenters. The molecule has 0 aliphatic carbocycles. The van der Waals surface area contributed by atoms with Gasteiger partial charge in [-0.3, -0.25) is 0 Å². The predicted octanol–water partition coefficient (Wildman–Crippen LogP) is -0.319. The zero-order chi connectivity index (χ0) is 10.9. The third kappa shape index (κ3) is 8.43. The molecule has 0 amide bonds. The van der Waals surface area contributed by atoms with E-state index in [4.69, 9.17) is 10.5 Å². The summed E-state index contributed by atoms with van der Waals surface area (Å²) in [5, 5.41) is 0. The fourth-order valence-corrected chi connectivity index (χ4v) is 1.82. The van der Waals surface area contributed by atoms with Crippen molar-refractivity contribution < 1.29 is 13.2 Å². The summed E-state index contributed by atoms with van der Waals surface area (Å²) in [7, 11) is -3.15. The lowest BCUT2D eigenvalue weighted by Crippen LogP contribution is -2.29. The minimum absolute atomic E-state index is 0.0312. The second-order valence-electron chi connectivity index (χ2n) is 2.91. The maximum atomic E-state index is 11.2. The van der Waals surface area contributed by atoms with Crippen LogP contribution in [0.1, 0.15) is 19.8 Å². The van der Waals surface area contributed by atoms with Gasteiger partial charge >= 0.3 is 0 Å². The molecule has 0 aromatic rings. The Bertz CT molecular complexity index is 217. The number of sulfonamides is 1. The molecule has 0 rings (SSSR count). The van der Waals surface area contributed by atoms with Gasteiger partial charge in [0.05, 0.1) is 12.4 Å². The monoisotopic (exact) mass is 224 g/mol. The molecular formula is C8H20N2O3S. The summed E-state index contributed by atoms with van der Waals surface area (Å²) in [5.41, 5.74) is 5.28. The number of ether oxygens (including phenoxy) is 1. The van der Waals surface area contributed by atoms with Gasteiger partial charge in [-0.05, 0) is 26.3 Å². The molecule has 14 heavy (non-hydrogen) atoms. The lowest BCUT2D eigenvalue weighted by Gasteiger charge is -2.05. The maximum Gasteiger partial charge on any atom is 0.213 e. The highest BCUT2D eigenvalue weighted by Crippen LogP contribution is 1.88. The molecule has 0 aromatic heterocycles. The number of hydrogen-bond donors (Lipinski definition) is 2. The molecule has 0 heterocycles. The average Bonchev–Trinajstić information content (AvgIpc) is 2.13. The van der Waals surface area contributed by atoms with Gasteiger partial charge in [0.25, 0.3) is 0 Å². The van der Waals surface area contributed by atoms with Gasteiger partial charge in [0.1, 0.15) is 0 Å². The smallest absolute Gasteiger partial charge is 0.213 e. The fraction of sp³-hybridized carbons (Fsp3) is 1.00. The van der Waals surface area contributed by atoms with E-state index in [1.165, 1.54) is 0 Å². The van der Waals surface area contributed by atoms with Crippen LogP contribution < -0.4 is 10.5 Å². The highest BCUT2D eigenvalue weighted by Gasteiger charge is 2.08. The normalized spacial score (nSPS) is 11.9. The summed E-state index contributed by atoms with van der Waals surface area (Å²) in [4.78, 5) is 0. The highest BCUT2D eigenvalue weighted by molar-refractivity contribution is 7.89. The first-order valence-corrected chi connectivity index (χ1v) is 6.52. The van der Waals surface area contributed by atoms with Gasteiger partial charge in [-0.2, -0.15) is 0 Å². The maximum absolute atomic E-state index is 11.2. The number of hydrogen-bond acceptors (Lipinski definition) is 4. The van der Waals surface area contributed by atoms with Crippen molar-refractivity contribution in [3.8, 4) is 0 Å². The van der Waals surface area contributed by atoms with E-state index in [2.05, 4.69) is 4.72 Å². The molecule has 0 bridgehead atoms. The van der Waals surface area contributed by atoms with Crippen LogP contribution in [0.3, 0.4) is 0 Å². The van der Waals surface area contributed by atoms with Crippen LogP contribution in [-0.2, 0) is 14.8 Å². The summed E-state index contributed by atoms with van der Waals surface area (Å²) in [6.07, 6.45) is 1.62. The molecule has 0 radical (unpaired) electrons. The zero-order valence-corrected chi connectivity index (χ0v) is 9.48. The van der Waals surface area contributed by atoms with E-state index in [0.717, 1.165) is 12.8 Å². The Labute approximate surface area is 86.1 Å². The number of nitrogens with one attached hydrogen (secondary N) is 1. The van der Waals surface area contributed by atoms with Gasteiger partial charge < -0.3 is 10.5 Å². The topological polar surface area (TPSA) is 81.4 Å². The molecule has 0 saturated carbocycles.